The Morgan fingerprint density at radius 2 is 2.26 bits per heavy atom. The maximum atomic E-state index is 12.5. The van der Waals surface area contributed by atoms with Gasteiger partial charge in [0.25, 0.3) is 10.0 Å². The molecule has 1 fully saturated rings. The zero-order valence-corrected chi connectivity index (χ0v) is 12.6. The van der Waals surface area contributed by atoms with Crippen LogP contribution < -0.4 is 5.32 Å². The molecule has 8 heteroatoms. The van der Waals surface area contributed by atoms with Crippen LogP contribution in [0.4, 0.5) is 5.13 Å². The minimum Gasteiger partial charge on any atom is -0.302 e. The van der Waals surface area contributed by atoms with Crippen molar-refractivity contribution in [2.75, 3.05) is 11.9 Å². The minimum atomic E-state index is -3.49. The van der Waals surface area contributed by atoms with Crippen LogP contribution in [-0.2, 0) is 14.8 Å². The van der Waals surface area contributed by atoms with E-state index in [0.717, 1.165) is 30.6 Å². The molecule has 1 aromatic heterocycles. The van der Waals surface area contributed by atoms with E-state index in [0.29, 0.717) is 11.7 Å². The second kappa shape index (κ2) is 5.56. The van der Waals surface area contributed by atoms with Crippen molar-refractivity contribution >= 4 is 32.4 Å². The van der Waals surface area contributed by atoms with Crippen LogP contribution in [0.1, 0.15) is 33.1 Å². The Hall–Kier alpha value is -0.990. The number of nitrogens with zero attached hydrogens (tertiary/aromatic N) is 2. The molecule has 1 atom stereocenters. The maximum absolute atomic E-state index is 12.5. The summed E-state index contributed by atoms with van der Waals surface area (Å²) in [7, 11) is -3.49. The van der Waals surface area contributed by atoms with Crippen LogP contribution in [0.2, 0.25) is 0 Å². The van der Waals surface area contributed by atoms with Crippen LogP contribution in [0.5, 0.6) is 0 Å². The second-order valence-corrected chi connectivity index (χ2v) is 7.77. The number of carbonyl (C=O) groups excluding carboxylic acids is 1. The highest BCUT2D eigenvalue weighted by molar-refractivity contribution is 7.91. The number of anilines is 1. The number of hydrogen-bond donors (Lipinski definition) is 1. The van der Waals surface area contributed by atoms with Crippen LogP contribution in [0.25, 0.3) is 0 Å². The smallest absolute Gasteiger partial charge is 0.254 e. The molecular weight excluding hydrogens is 286 g/mol. The van der Waals surface area contributed by atoms with Gasteiger partial charge in [0.05, 0.1) is 6.20 Å². The molecule has 0 aliphatic carbocycles. The van der Waals surface area contributed by atoms with E-state index in [-0.39, 0.29) is 16.2 Å². The molecular formula is C11H17N3O3S2. The first-order chi connectivity index (χ1) is 8.91. The van der Waals surface area contributed by atoms with Crippen molar-refractivity contribution < 1.29 is 13.2 Å². The van der Waals surface area contributed by atoms with Crippen molar-refractivity contribution in [3.63, 3.8) is 0 Å². The lowest BCUT2D eigenvalue weighted by Crippen LogP contribution is -2.41. The van der Waals surface area contributed by atoms with E-state index in [1.165, 1.54) is 17.4 Å². The third kappa shape index (κ3) is 3.13. The number of rotatable bonds is 3. The van der Waals surface area contributed by atoms with E-state index in [4.69, 9.17) is 0 Å². The molecule has 0 bridgehead atoms. The molecule has 6 nitrogen and oxygen atoms in total. The first-order valence-electron chi connectivity index (χ1n) is 6.16. The Balaban J connectivity index is 2.23. The molecule has 1 amide bonds. The zero-order valence-electron chi connectivity index (χ0n) is 10.9. The normalized spacial score (nSPS) is 21.3. The van der Waals surface area contributed by atoms with Gasteiger partial charge < -0.3 is 5.32 Å². The van der Waals surface area contributed by atoms with Crippen LogP contribution in [-0.4, -0.2) is 36.2 Å². The number of thiazole rings is 1. The largest absolute Gasteiger partial charge is 0.302 e. The molecule has 2 rings (SSSR count). The predicted molar refractivity (Wildman–Crippen MR) is 73.6 cm³/mol. The summed E-state index contributed by atoms with van der Waals surface area (Å²) in [6.07, 6.45) is 4.15. The number of amides is 1. The van der Waals surface area contributed by atoms with E-state index in [2.05, 4.69) is 10.3 Å². The molecule has 0 unspecified atom stereocenters. The molecule has 0 saturated carbocycles. The SMILES string of the molecule is CC(=O)Nc1ncc(S(=O)(=O)N2CCCC[C@@H]2C)s1. The third-order valence-corrected chi connectivity index (χ3v) is 6.44. The van der Waals surface area contributed by atoms with Crippen LogP contribution in [0.3, 0.4) is 0 Å². The molecule has 19 heavy (non-hydrogen) atoms. The molecule has 0 spiro atoms. The fourth-order valence-corrected chi connectivity index (χ4v) is 5.04. The highest BCUT2D eigenvalue weighted by atomic mass is 32.2. The van der Waals surface area contributed by atoms with E-state index >= 15 is 0 Å². The third-order valence-electron chi connectivity index (χ3n) is 3.07. The lowest BCUT2D eigenvalue weighted by molar-refractivity contribution is -0.114. The summed E-state index contributed by atoms with van der Waals surface area (Å²) in [5, 5.41) is 2.81. The molecule has 1 N–H and O–H groups in total. The van der Waals surface area contributed by atoms with Gasteiger partial charge in [0, 0.05) is 19.5 Å². The Bertz CT molecular complexity index is 567. The highest BCUT2D eigenvalue weighted by Gasteiger charge is 2.32. The standard InChI is InChI=1S/C11H17N3O3S2/c1-8-5-3-4-6-14(8)19(16,17)10-7-12-11(18-10)13-9(2)15/h7-8H,3-6H2,1-2H3,(H,12,13,15)/t8-/m0/s1. The van der Waals surface area contributed by atoms with Crippen molar-refractivity contribution in [1.29, 1.82) is 0 Å². The highest BCUT2D eigenvalue weighted by Crippen LogP contribution is 2.29. The van der Waals surface area contributed by atoms with E-state index in [1.807, 2.05) is 6.92 Å². The lowest BCUT2D eigenvalue weighted by atomic mass is 10.1. The van der Waals surface area contributed by atoms with E-state index in [1.54, 1.807) is 0 Å². The predicted octanol–water partition coefficient (Wildman–Crippen LogP) is 1.66. The average Bonchev–Trinajstić information content (AvgIpc) is 2.77. The zero-order chi connectivity index (χ0) is 14.0. The molecule has 1 saturated heterocycles. The van der Waals surface area contributed by atoms with Crippen molar-refractivity contribution in [1.82, 2.24) is 9.29 Å². The van der Waals surface area contributed by atoms with Gasteiger partial charge in [-0.2, -0.15) is 4.31 Å². The fourth-order valence-electron chi connectivity index (χ4n) is 2.13. The molecule has 1 aliphatic heterocycles. The van der Waals surface area contributed by atoms with Crippen LogP contribution in [0.15, 0.2) is 10.4 Å². The summed E-state index contributed by atoms with van der Waals surface area (Å²) in [6.45, 7) is 3.84. The van der Waals surface area contributed by atoms with Crippen molar-refractivity contribution in [3.05, 3.63) is 6.20 Å². The maximum Gasteiger partial charge on any atom is 0.254 e. The summed E-state index contributed by atoms with van der Waals surface area (Å²) in [5.74, 6) is -0.260. The quantitative estimate of drug-likeness (QED) is 0.921. The Morgan fingerprint density at radius 1 is 1.53 bits per heavy atom. The van der Waals surface area contributed by atoms with Gasteiger partial charge in [-0.05, 0) is 19.8 Å². The number of piperidine rings is 1. The van der Waals surface area contributed by atoms with Crippen molar-refractivity contribution in [2.45, 2.75) is 43.4 Å². The van der Waals surface area contributed by atoms with Crippen LogP contribution in [0, 0.1) is 0 Å². The van der Waals surface area contributed by atoms with Crippen LogP contribution >= 0.6 is 11.3 Å². The molecule has 0 aromatic carbocycles. The topological polar surface area (TPSA) is 79.4 Å². The number of sulfonamides is 1. The van der Waals surface area contributed by atoms with Gasteiger partial charge in [-0.1, -0.05) is 17.8 Å². The molecule has 1 aliphatic rings. The molecule has 1 aromatic rings. The van der Waals surface area contributed by atoms with E-state index < -0.39 is 10.0 Å². The van der Waals surface area contributed by atoms with Gasteiger partial charge in [0.2, 0.25) is 5.91 Å². The Morgan fingerprint density at radius 3 is 2.89 bits per heavy atom. The van der Waals surface area contributed by atoms with Crippen molar-refractivity contribution in [3.8, 4) is 0 Å². The Labute approximate surface area is 116 Å². The Kier molecular flexibility index (Phi) is 4.22. The minimum absolute atomic E-state index is 0.0186. The second-order valence-electron chi connectivity index (χ2n) is 4.63. The average molecular weight is 303 g/mol. The summed E-state index contributed by atoms with van der Waals surface area (Å²) in [4.78, 5) is 14.8. The molecule has 106 valence electrons. The fraction of sp³-hybridized carbons (Fsp3) is 0.636. The van der Waals surface area contributed by atoms with E-state index in [9.17, 15) is 13.2 Å². The number of aromatic nitrogens is 1. The number of hydrogen-bond acceptors (Lipinski definition) is 5. The van der Waals surface area contributed by atoms with Gasteiger partial charge >= 0.3 is 0 Å². The first-order valence-corrected chi connectivity index (χ1v) is 8.42. The monoisotopic (exact) mass is 303 g/mol. The number of carbonyl (C=O) groups is 1. The summed E-state index contributed by atoms with van der Waals surface area (Å²) in [5.41, 5.74) is 0. The van der Waals surface area contributed by atoms with Crippen molar-refractivity contribution in [2.24, 2.45) is 0 Å². The van der Waals surface area contributed by atoms with Gasteiger partial charge in [0.1, 0.15) is 0 Å². The summed E-state index contributed by atoms with van der Waals surface area (Å²) >= 11 is 0.991. The molecule has 2 heterocycles. The summed E-state index contributed by atoms with van der Waals surface area (Å²) < 4.78 is 26.7. The first kappa shape index (κ1) is 14.4. The number of nitrogens with one attached hydrogen (secondary N) is 1. The van der Waals surface area contributed by atoms with Gasteiger partial charge in [-0.15, -0.1) is 0 Å². The van der Waals surface area contributed by atoms with Gasteiger partial charge in [-0.3, -0.25) is 4.79 Å². The van der Waals surface area contributed by atoms with Gasteiger partial charge in [0.15, 0.2) is 9.34 Å². The molecule has 0 radical (unpaired) electrons. The van der Waals surface area contributed by atoms with Gasteiger partial charge in [-0.25, -0.2) is 13.4 Å². The lowest BCUT2D eigenvalue weighted by Gasteiger charge is -2.31. The summed E-state index contributed by atoms with van der Waals surface area (Å²) in [6, 6.07) is 0.0186.